The van der Waals surface area contributed by atoms with Crippen LogP contribution in [0.3, 0.4) is 0 Å². The number of carbonyl (C=O) groups excluding carboxylic acids is 1. The third-order valence-corrected chi connectivity index (χ3v) is 5.46. The molecule has 4 rings (SSSR count). The van der Waals surface area contributed by atoms with E-state index in [1.165, 1.54) is 11.5 Å². The summed E-state index contributed by atoms with van der Waals surface area (Å²) in [5.74, 6) is 2.20. The van der Waals surface area contributed by atoms with Crippen LogP contribution in [0.25, 0.3) is 0 Å². The van der Waals surface area contributed by atoms with Crippen molar-refractivity contribution in [1.29, 1.82) is 0 Å². The zero-order valence-electron chi connectivity index (χ0n) is 16.2. The van der Waals surface area contributed by atoms with Crippen molar-refractivity contribution in [2.24, 2.45) is 0 Å². The topological polar surface area (TPSA) is 100 Å². The normalized spacial score (nSPS) is 14.1. The standard InChI is InChI=1S/C19H22N8OS/c1-2-5-14-18(29-25-22-14)19(28)27-12-10-26(11-13-27)17-8-7-16(23-24-17)21-15-6-3-4-9-20-15/h3-4,6-9H,2,5,10-13H2,1H3,(H,20,21,23). The minimum Gasteiger partial charge on any atom is -0.352 e. The van der Waals surface area contributed by atoms with Gasteiger partial charge in [-0.1, -0.05) is 23.9 Å². The molecule has 3 aromatic rings. The van der Waals surface area contributed by atoms with Gasteiger partial charge in [0, 0.05) is 32.4 Å². The van der Waals surface area contributed by atoms with E-state index in [9.17, 15) is 4.79 Å². The van der Waals surface area contributed by atoms with Gasteiger partial charge < -0.3 is 15.1 Å². The molecule has 3 aromatic heterocycles. The third-order valence-electron chi connectivity index (χ3n) is 4.70. The SMILES string of the molecule is CCCc1nnsc1C(=O)N1CCN(c2ccc(Nc3ccccn3)nn2)CC1. The first-order valence-electron chi connectivity index (χ1n) is 9.62. The number of piperazine rings is 1. The maximum absolute atomic E-state index is 12.8. The van der Waals surface area contributed by atoms with E-state index in [0.29, 0.717) is 36.9 Å². The van der Waals surface area contributed by atoms with Gasteiger partial charge in [0.25, 0.3) is 5.91 Å². The van der Waals surface area contributed by atoms with E-state index in [0.717, 1.165) is 30.2 Å². The summed E-state index contributed by atoms with van der Waals surface area (Å²) < 4.78 is 3.96. The Balaban J connectivity index is 1.34. The number of carbonyl (C=O) groups is 1. The molecule has 0 unspecified atom stereocenters. The number of aryl methyl sites for hydroxylation is 1. The lowest BCUT2D eigenvalue weighted by atomic mass is 10.2. The molecule has 0 saturated carbocycles. The maximum Gasteiger partial charge on any atom is 0.267 e. The van der Waals surface area contributed by atoms with Gasteiger partial charge in [-0.15, -0.1) is 15.3 Å². The third kappa shape index (κ3) is 4.48. The van der Waals surface area contributed by atoms with Gasteiger partial charge in [-0.2, -0.15) is 0 Å². The molecule has 1 N–H and O–H groups in total. The van der Waals surface area contributed by atoms with E-state index in [-0.39, 0.29) is 5.91 Å². The van der Waals surface area contributed by atoms with Crippen LogP contribution in [0.15, 0.2) is 36.5 Å². The molecular formula is C19H22N8OS. The predicted octanol–water partition coefficient (Wildman–Crippen LogP) is 2.38. The smallest absolute Gasteiger partial charge is 0.267 e. The largest absolute Gasteiger partial charge is 0.352 e. The number of hydrogen-bond donors (Lipinski definition) is 1. The molecule has 10 heteroatoms. The molecule has 0 aromatic carbocycles. The Hall–Kier alpha value is -3.14. The Morgan fingerprint density at radius 3 is 2.62 bits per heavy atom. The number of nitrogens with zero attached hydrogens (tertiary/aromatic N) is 7. The van der Waals surface area contributed by atoms with Crippen LogP contribution in [0.1, 0.15) is 28.7 Å². The van der Waals surface area contributed by atoms with Gasteiger partial charge in [0.05, 0.1) is 5.69 Å². The van der Waals surface area contributed by atoms with Gasteiger partial charge in [0.2, 0.25) is 0 Å². The molecule has 29 heavy (non-hydrogen) atoms. The molecule has 0 atom stereocenters. The molecule has 1 aliphatic heterocycles. The van der Waals surface area contributed by atoms with Crippen molar-refractivity contribution < 1.29 is 4.79 Å². The van der Waals surface area contributed by atoms with Crippen LogP contribution in [-0.2, 0) is 6.42 Å². The number of pyridine rings is 1. The lowest BCUT2D eigenvalue weighted by molar-refractivity contribution is 0.0750. The van der Waals surface area contributed by atoms with Crippen LogP contribution in [0.4, 0.5) is 17.5 Å². The van der Waals surface area contributed by atoms with Crippen molar-refractivity contribution >= 4 is 34.9 Å². The average molecular weight is 411 g/mol. The van der Waals surface area contributed by atoms with E-state index in [1.54, 1.807) is 6.20 Å². The number of amides is 1. The van der Waals surface area contributed by atoms with Gasteiger partial charge in [-0.25, -0.2) is 4.98 Å². The van der Waals surface area contributed by atoms with E-state index in [1.807, 2.05) is 35.2 Å². The molecule has 1 amide bonds. The first kappa shape index (κ1) is 19.2. The average Bonchev–Trinajstić information content (AvgIpc) is 3.23. The lowest BCUT2D eigenvalue weighted by Crippen LogP contribution is -2.49. The highest BCUT2D eigenvalue weighted by Crippen LogP contribution is 2.19. The predicted molar refractivity (Wildman–Crippen MR) is 112 cm³/mol. The summed E-state index contributed by atoms with van der Waals surface area (Å²) in [5.41, 5.74) is 0.812. The quantitative estimate of drug-likeness (QED) is 0.661. The molecule has 150 valence electrons. The Kier molecular flexibility index (Phi) is 5.89. The summed E-state index contributed by atoms with van der Waals surface area (Å²) in [6.45, 7) is 4.77. The molecule has 0 radical (unpaired) electrons. The summed E-state index contributed by atoms with van der Waals surface area (Å²) in [6.07, 6.45) is 3.45. The number of aromatic nitrogens is 5. The number of anilines is 3. The minimum atomic E-state index is 0.0316. The molecule has 0 spiro atoms. The second-order valence-corrected chi connectivity index (χ2v) is 7.45. The van der Waals surface area contributed by atoms with E-state index in [4.69, 9.17) is 0 Å². The van der Waals surface area contributed by atoms with Gasteiger partial charge in [0.1, 0.15) is 10.7 Å². The van der Waals surface area contributed by atoms with Gasteiger partial charge in [0.15, 0.2) is 11.6 Å². The highest BCUT2D eigenvalue weighted by molar-refractivity contribution is 7.08. The van der Waals surface area contributed by atoms with E-state index < -0.39 is 0 Å². The minimum absolute atomic E-state index is 0.0316. The van der Waals surface area contributed by atoms with E-state index >= 15 is 0 Å². The fraction of sp³-hybridized carbons (Fsp3) is 0.368. The fourth-order valence-electron chi connectivity index (χ4n) is 3.18. The molecule has 9 nitrogen and oxygen atoms in total. The van der Waals surface area contributed by atoms with Crippen LogP contribution in [0.2, 0.25) is 0 Å². The zero-order chi connectivity index (χ0) is 20.1. The molecule has 1 fully saturated rings. The van der Waals surface area contributed by atoms with Crippen LogP contribution in [0.5, 0.6) is 0 Å². The number of hydrogen-bond acceptors (Lipinski definition) is 9. The van der Waals surface area contributed by atoms with Crippen molar-refractivity contribution in [2.45, 2.75) is 19.8 Å². The van der Waals surface area contributed by atoms with Gasteiger partial charge >= 0.3 is 0 Å². The van der Waals surface area contributed by atoms with Crippen LogP contribution < -0.4 is 10.2 Å². The highest BCUT2D eigenvalue weighted by Gasteiger charge is 2.26. The van der Waals surface area contributed by atoms with Crippen molar-refractivity contribution in [3.05, 3.63) is 47.1 Å². The van der Waals surface area contributed by atoms with Crippen molar-refractivity contribution in [1.82, 2.24) is 29.7 Å². The monoisotopic (exact) mass is 410 g/mol. The van der Waals surface area contributed by atoms with Crippen LogP contribution in [-0.4, -0.2) is 61.8 Å². The molecule has 1 aliphatic rings. The van der Waals surface area contributed by atoms with Gasteiger partial charge in [-0.05, 0) is 42.2 Å². The Labute approximate surface area is 173 Å². The van der Waals surface area contributed by atoms with E-state index in [2.05, 4.69) is 41.9 Å². The highest BCUT2D eigenvalue weighted by atomic mass is 32.1. The Morgan fingerprint density at radius 1 is 1.07 bits per heavy atom. The number of rotatable bonds is 6. The van der Waals surface area contributed by atoms with Crippen molar-refractivity contribution in [3.8, 4) is 0 Å². The summed E-state index contributed by atoms with van der Waals surface area (Å²) in [4.78, 5) is 21.7. The Morgan fingerprint density at radius 2 is 1.93 bits per heavy atom. The van der Waals surface area contributed by atoms with Crippen LogP contribution in [0, 0.1) is 0 Å². The van der Waals surface area contributed by atoms with Crippen molar-refractivity contribution in [3.63, 3.8) is 0 Å². The molecular weight excluding hydrogens is 388 g/mol. The summed E-state index contributed by atoms with van der Waals surface area (Å²) >= 11 is 1.19. The molecule has 1 saturated heterocycles. The summed E-state index contributed by atoms with van der Waals surface area (Å²) in [7, 11) is 0. The van der Waals surface area contributed by atoms with Gasteiger partial charge in [-0.3, -0.25) is 4.79 Å². The maximum atomic E-state index is 12.8. The molecule has 4 heterocycles. The fourth-order valence-corrected chi connectivity index (χ4v) is 3.86. The van der Waals surface area contributed by atoms with Crippen LogP contribution >= 0.6 is 11.5 Å². The summed E-state index contributed by atoms with van der Waals surface area (Å²) in [6, 6.07) is 9.46. The molecule has 0 bridgehead atoms. The first-order valence-corrected chi connectivity index (χ1v) is 10.4. The first-order chi connectivity index (χ1) is 14.2. The lowest BCUT2D eigenvalue weighted by Gasteiger charge is -2.35. The second-order valence-electron chi connectivity index (χ2n) is 6.69. The molecule has 0 aliphatic carbocycles. The zero-order valence-corrected chi connectivity index (χ0v) is 17.0. The number of nitrogens with one attached hydrogen (secondary N) is 1. The second kappa shape index (κ2) is 8.91. The summed E-state index contributed by atoms with van der Waals surface area (Å²) in [5, 5.41) is 15.8. The van der Waals surface area contributed by atoms with Crippen molar-refractivity contribution in [2.75, 3.05) is 36.4 Å². The Bertz CT molecular complexity index is 938.